The summed E-state index contributed by atoms with van der Waals surface area (Å²) in [5.74, 6) is 5.94. The minimum absolute atomic E-state index is 0.693. The molecule has 0 spiro atoms. The number of likely N-dealkylation sites (tertiary alicyclic amines) is 1. The topological polar surface area (TPSA) is 23.5 Å². The van der Waals surface area contributed by atoms with Gasteiger partial charge in [-0.2, -0.15) is 0 Å². The van der Waals surface area contributed by atoms with E-state index < -0.39 is 5.60 Å². The number of piperidine rings is 1. The summed E-state index contributed by atoms with van der Waals surface area (Å²) in [7, 11) is 0. The van der Waals surface area contributed by atoms with Crippen LogP contribution in [0, 0.1) is 11.8 Å². The molecule has 1 aliphatic rings. The highest BCUT2D eigenvalue weighted by Gasteiger charge is 2.29. The Labute approximate surface area is 94.7 Å². The van der Waals surface area contributed by atoms with E-state index in [1.54, 1.807) is 0 Å². The molecule has 1 saturated heterocycles. The van der Waals surface area contributed by atoms with Crippen molar-refractivity contribution in [1.82, 2.24) is 4.90 Å². The average Bonchev–Trinajstić information content (AvgIpc) is 2.30. The van der Waals surface area contributed by atoms with Crippen LogP contribution in [0.3, 0.4) is 0 Å². The highest BCUT2D eigenvalue weighted by atomic mass is 16.3. The van der Waals surface area contributed by atoms with E-state index in [-0.39, 0.29) is 0 Å². The van der Waals surface area contributed by atoms with Gasteiger partial charge in [-0.3, -0.25) is 0 Å². The first-order chi connectivity index (χ1) is 7.20. The predicted octanol–water partition coefficient (Wildman–Crippen LogP) is 2.27. The van der Waals surface area contributed by atoms with Crippen molar-refractivity contribution in [2.75, 3.05) is 19.6 Å². The van der Waals surface area contributed by atoms with Crippen molar-refractivity contribution in [3.63, 3.8) is 0 Å². The number of hydrogen-bond acceptors (Lipinski definition) is 2. The number of nitrogens with zero attached hydrogens (tertiary/aromatic N) is 1. The van der Waals surface area contributed by atoms with Crippen LogP contribution in [0.2, 0.25) is 0 Å². The summed E-state index contributed by atoms with van der Waals surface area (Å²) in [6.45, 7) is 11.2. The lowest BCUT2D eigenvalue weighted by atomic mass is 9.92. The van der Waals surface area contributed by atoms with Crippen LogP contribution in [0.15, 0.2) is 0 Å². The maximum atomic E-state index is 10.0. The molecule has 0 aromatic carbocycles. The average molecular weight is 211 g/mol. The van der Waals surface area contributed by atoms with Crippen molar-refractivity contribution < 1.29 is 5.11 Å². The summed E-state index contributed by atoms with van der Waals surface area (Å²) in [4.78, 5) is 2.35. The first-order valence-electron chi connectivity index (χ1n) is 6.15. The molecule has 1 heterocycles. The Bertz CT molecular complexity index is 206. The van der Waals surface area contributed by atoms with E-state index >= 15 is 0 Å². The van der Waals surface area contributed by atoms with E-state index in [4.69, 9.17) is 0 Å². The molecule has 0 amide bonds. The minimum Gasteiger partial charge on any atom is -0.378 e. The molecule has 88 valence electrons. The Balaban J connectivity index is 0.000000921. The molecule has 0 aromatic rings. The van der Waals surface area contributed by atoms with Crippen LogP contribution in [0.1, 0.15) is 47.0 Å². The molecule has 1 N–H and O–H groups in total. The largest absolute Gasteiger partial charge is 0.378 e. The van der Waals surface area contributed by atoms with Crippen LogP contribution < -0.4 is 0 Å². The van der Waals surface area contributed by atoms with Crippen molar-refractivity contribution >= 4 is 0 Å². The second-order valence-corrected chi connectivity index (χ2v) is 3.62. The third-order valence-corrected chi connectivity index (χ3v) is 2.63. The molecule has 0 bridgehead atoms. The van der Waals surface area contributed by atoms with Crippen LogP contribution in [0.25, 0.3) is 0 Å². The Morgan fingerprint density at radius 3 is 2.13 bits per heavy atom. The molecule has 1 aliphatic heterocycles. The van der Waals surface area contributed by atoms with Gasteiger partial charge in [0.1, 0.15) is 5.60 Å². The fraction of sp³-hybridized carbons (Fsp3) is 0.846. The number of hydrogen-bond donors (Lipinski definition) is 1. The Morgan fingerprint density at radius 2 is 1.73 bits per heavy atom. The molecule has 15 heavy (non-hydrogen) atoms. The van der Waals surface area contributed by atoms with Crippen molar-refractivity contribution in [1.29, 1.82) is 0 Å². The maximum Gasteiger partial charge on any atom is 0.127 e. The zero-order chi connectivity index (χ0) is 11.7. The van der Waals surface area contributed by atoms with E-state index in [0.717, 1.165) is 38.9 Å². The molecule has 1 fully saturated rings. The lowest BCUT2D eigenvalue weighted by Crippen LogP contribution is -2.43. The minimum atomic E-state index is -0.693. The summed E-state index contributed by atoms with van der Waals surface area (Å²) in [5.41, 5.74) is -0.693. The van der Waals surface area contributed by atoms with Gasteiger partial charge in [0, 0.05) is 32.4 Å². The lowest BCUT2D eigenvalue weighted by molar-refractivity contribution is 0.0288. The van der Waals surface area contributed by atoms with Gasteiger partial charge in [0.15, 0.2) is 0 Å². The zero-order valence-corrected chi connectivity index (χ0v) is 10.6. The Hall–Kier alpha value is -0.520. The summed E-state index contributed by atoms with van der Waals surface area (Å²) in [5, 5.41) is 10.0. The summed E-state index contributed by atoms with van der Waals surface area (Å²) < 4.78 is 0. The molecule has 0 atom stereocenters. The monoisotopic (exact) mass is 211 g/mol. The first kappa shape index (κ1) is 14.5. The van der Waals surface area contributed by atoms with E-state index in [0.29, 0.717) is 0 Å². The van der Waals surface area contributed by atoms with Crippen LogP contribution >= 0.6 is 0 Å². The van der Waals surface area contributed by atoms with E-state index in [9.17, 15) is 5.11 Å². The molecule has 0 radical (unpaired) electrons. The predicted molar refractivity (Wildman–Crippen MR) is 65.7 cm³/mol. The SMILES string of the molecule is CC.CCC#CC1(O)CCN(CC)CC1. The van der Waals surface area contributed by atoms with Gasteiger partial charge in [-0.25, -0.2) is 0 Å². The van der Waals surface area contributed by atoms with Gasteiger partial charge in [-0.1, -0.05) is 33.6 Å². The molecule has 2 heteroatoms. The molecule has 2 nitrogen and oxygen atoms in total. The first-order valence-corrected chi connectivity index (χ1v) is 6.15. The second kappa shape index (κ2) is 7.73. The van der Waals surface area contributed by atoms with Crippen LogP contribution in [-0.2, 0) is 0 Å². The second-order valence-electron chi connectivity index (χ2n) is 3.62. The van der Waals surface area contributed by atoms with Gasteiger partial charge < -0.3 is 10.0 Å². The highest BCUT2D eigenvalue weighted by molar-refractivity contribution is 5.14. The molecule has 0 aromatic heterocycles. The molecular weight excluding hydrogens is 186 g/mol. The molecule has 1 rings (SSSR count). The van der Waals surface area contributed by atoms with Gasteiger partial charge in [0.05, 0.1) is 0 Å². The quantitative estimate of drug-likeness (QED) is 0.673. The summed E-state index contributed by atoms with van der Waals surface area (Å²) >= 11 is 0. The van der Waals surface area contributed by atoms with Crippen LogP contribution in [-0.4, -0.2) is 35.2 Å². The van der Waals surface area contributed by atoms with Crippen LogP contribution in [0.5, 0.6) is 0 Å². The van der Waals surface area contributed by atoms with Gasteiger partial charge in [0.2, 0.25) is 0 Å². The number of aliphatic hydroxyl groups is 1. The van der Waals surface area contributed by atoms with Crippen LogP contribution in [0.4, 0.5) is 0 Å². The fourth-order valence-electron chi connectivity index (χ4n) is 1.62. The van der Waals surface area contributed by atoms with Crippen molar-refractivity contribution in [2.45, 2.75) is 52.6 Å². The Kier molecular flexibility index (Phi) is 7.46. The lowest BCUT2D eigenvalue weighted by Gasteiger charge is -2.34. The van der Waals surface area contributed by atoms with E-state index in [1.165, 1.54) is 0 Å². The molecule has 0 unspecified atom stereocenters. The third-order valence-electron chi connectivity index (χ3n) is 2.63. The van der Waals surface area contributed by atoms with E-state index in [1.807, 2.05) is 20.8 Å². The molecule has 0 saturated carbocycles. The van der Waals surface area contributed by atoms with Gasteiger partial charge >= 0.3 is 0 Å². The van der Waals surface area contributed by atoms with Crippen molar-refractivity contribution in [3.05, 3.63) is 0 Å². The fourth-order valence-corrected chi connectivity index (χ4v) is 1.62. The van der Waals surface area contributed by atoms with Gasteiger partial charge in [-0.15, -0.1) is 5.92 Å². The van der Waals surface area contributed by atoms with Crippen molar-refractivity contribution in [3.8, 4) is 11.8 Å². The standard InChI is InChI=1S/C11H19NO.C2H6/c1-3-5-6-11(13)7-9-12(4-2)10-8-11;1-2/h13H,3-4,7-10H2,1-2H3;1-2H3. The zero-order valence-electron chi connectivity index (χ0n) is 10.6. The number of rotatable bonds is 1. The van der Waals surface area contributed by atoms with Gasteiger partial charge in [0.25, 0.3) is 0 Å². The normalized spacial score (nSPS) is 19.5. The molecular formula is C13H25NO. The third kappa shape index (κ3) is 5.20. The summed E-state index contributed by atoms with van der Waals surface area (Å²) in [6.07, 6.45) is 2.43. The van der Waals surface area contributed by atoms with Gasteiger partial charge in [-0.05, 0) is 6.54 Å². The summed E-state index contributed by atoms with van der Waals surface area (Å²) in [6, 6.07) is 0. The highest BCUT2D eigenvalue weighted by Crippen LogP contribution is 2.20. The van der Waals surface area contributed by atoms with E-state index in [2.05, 4.69) is 23.7 Å². The maximum absolute atomic E-state index is 10.0. The smallest absolute Gasteiger partial charge is 0.127 e. The Morgan fingerprint density at radius 1 is 1.20 bits per heavy atom. The van der Waals surface area contributed by atoms with Crippen molar-refractivity contribution in [2.24, 2.45) is 0 Å². The molecule has 0 aliphatic carbocycles.